The molecule has 0 bridgehead atoms. The lowest BCUT2D eigenvalue weighted by Gasteiger charge is -2.09. The van der Waals surface area contributed by atoms with Gasteiger partial charge >= 0.3 is 5.97 Å². The molecule has 0 fully saturated rings. The van der Waals surface area contributed by atoms with E-state index in [0.29, 0.717) is 11.3 Å². The number of para-hydroxylation sites is 1. The number of amides is 1. The summed E-state index contributed by atoms with van der Waals surface area (Å²) in [5, 5.41) is 2.65. The first kappa shape index (κ1) is 18.2. The molecule has 130 valence electrons. The van der Waals surface area contributed by atoms with E-state index in [0.717, 1.165) is 5.56 Å². The molecule has 0 aliphatic rings. The molecule has 2 aromatic rings. The lowest BCUT2D eigenvalue weighted by molar-refractivity contribution is -0.143. The molecule has 0 aromatic heterocycles. The molecule has 1 amide bonds. The van der Waals surface area contributed by atoms with E-state index in [9.17, 15) is 14.0 Å². The highest BCUT2D eigenvalue weighted by atomic mass is 19.1. The predicted octanol–water partition coefficient (Wildman–Crippen LogP) is 2.71. The fourth-order valence-corrected chi connectivity index (χ4v) is 2.02. The summed E-state index contributed by atoms with van der Waals surface area (Å²) in [7, 11) is 1.55. The second kappa shape index (κ2) is 9.22. The highest BCUT2D eigenvalue weighted by molar-refractivity contribution is 5.89. The van der Waals surface area contributed by atoms with E-state index >= 15 is 0 Å². The molecule has 1 N–H and O–H groups in total. The van der Waals surface area contributed by atoms with Gasteiger partial charge in [-0.2, -0.15) is 0 Å². The Bertz CT molecular complexity index is 756. The van der Waals surface area contributed by atoms with Crippen LogP contribution in [0.25, 0.3) is 6.08 Å². The van der Waals surface area contributed by atoms with E-state index in [1.54, 1.807) is 13.2 Å². The Hall–Kier alpha value is -3.15. The van der Waals surface area contributed by atoms with E-state index in [-0.39, 0.29) is 19.0 Å². The number of esters is 1. The molecule has 6 heteroatoms. The average molecular weight is 343 g/mol. The van der Waals surface area contributed by atoms with E-state index in [4.69, 9.17) is 9.47 Å². The number of benzene rings is 2. The molecule has 0 saturated heterocycles. The van der Waals surface area contributed by atoms with Crippen LogP contribution >= 0.6 is 0 Å². The molecule has 0 aliphatic carbocycles. The van der Waals surface area contributed by atoms with Crippen LogP contribution in [0.4, 0.5) is 4.39 Å². The summed E-state index contributed by atoms with van der Waals surface area (Å²) >= 11 is 0. The number of nitrogens with one attached hydrogen (secondary N) is 1. The van der Waals surface area contributed by atoms with Crippen molar-refractivity contribution in [3.05, 3.63) is 71.6 Å². The van der Waals surface area contributed by atoms with Gasteiger partial charge in [0.25, 0.3) is 5.91 Å². The van der Waals surface area contributed by atoms with E-state index in [1.807, 2.05) is 18.2 Å². The maximum Gasteiger partial charge on any atom is 0.331 e. The van der Waals surface area contributed by atoms with Crippen LogP contribution in [0.1, 0.15) is 11.1 Å². The first-order valence-electron chi connectivity index (χ1n) is 7.57. The highest BCUT2D eigenvalue weighted by Gasteiger charge is 2.07. The zero-order valence-corrected chi connectivity index (χ0v) is 13.7. The Morgan fingerprint density at radius 3 is 2.56 bits per heavy atom. The Morgan fingerprint density at radius 2 is 1.84 bits per heavy atom. The van der Waals surface area contributed by atoms with Crippen LogP contribution < -0.4 is 10.1 Å². The fourth-order valence-electron chi connectivity index (χ4n) is 2.02. The van der Waals surface area contributed by atoms with E-state index in [2.05, 4.69) is 5.32 Å². The average Bonchev–Trinajstić information content (AvgIpc) is 2.64. The maximum absolute atomic E-state index is 12.8. The number of hydrogen-bond acceptors (Lipinski definition) is 4. The van der Waals surface area contributed by atoms with Crippen molar-refractivity contribution < 1.29 is 23.5 Å². The molecule has 0 atom stereocenters. The smallest absolute Gasteiger partial charge is 0.331 e. The van der Waals surface area contributed by atoms with Crippen molar-refractivity contribution in [3.63, 3.8) is 0 Å². The molecule has 25 heavy (non-hydrogen) atoms. The number of carbonyl (C=O) groups is 2. The lowest BCUT2D eigenvalue weighted by Crippen LogP contribution is -2.28. The molecule has 5 nitrogen and oxygen atoms in total. The largest absolute Gasteiger partial charge is 0.496 e. The first-order chi connectivity index (χ1) is 12.1. The van der Waals surface area contributed by atoms with Crippen LogP contribution in [-0.4, -0.2) is 25.6 Å². The van der Waals surface area contributed by atoms with Gasteiger partial charge in [0.1, 0.15) is 11.6 Å². The molecule has 0 radical (unpaired) electrons. The minimum Gasteiger partial charge on any atom is -0.496 e. The van der Waals surface area contributed by atoms with Gasteiger partial charge < -0.3 is 14.8 Å². The Labute approximate surface area is 145 Å². The molecule has 2 rings (SSSR count). The normalized spacial score (nSPS) is 10.5. The van der Waals surface area contributed by atoms with Crippen LogP contribution in [-0.2, 0) is 20.9 Å². The standard InChI is InChI=1S/C19H18FNO4/c1-24-17-5-3-2-4-15(17)12-21-18(22)13-25-19(23)11-8-14-6-9-16(20)10-7-14/h2-11H,12-13H2,1H3,(H,21,22)/b11-8+. The van der Waals surface area contributed by atoms with Crippen molar-refractivity contribution in [1.29, 1.82) is 0 Å². The molecule has 0 saturated carbocycles. The van der Waals surface area contributed by atoms with Gasteiger partial charge in [0, 0.05) is 18.2 Å². The Balaban J connectivity index is 1.75. The van der Waals surface area contributed by atoms with Crippen LogP contribution in [0.3, 0.4) is 0 Å². The summed E-state index contributed by atoms with van der Waals surface area (Å²) in [5.74, 6) is -0.764. The van der Waals surface area contributed by atoms with Crippen molar-refractivity contribution >= 4 is 18.0 Å². The zero-order valence-electron chi connectivity index (χ0n) is 13.7. The lowest BCUT2D eigenvalue weighted by atomic mass is 10.2. The van der Waals surface area contributed by atoms with E-state index < -0.39 is 11.9 Å². The summed E-state index contributed by atoms with van der Waals surface area (Å²) in [6.07, 6.45) is 2.66. The van der Waals surface area contributed by atoms with Gasteiger partial charge in [-0.1, -0.05) is 30.3 Å². The second-order valence-corrected chi connectivity index (χ2v) is 5.08. The molecule has 0 spiro atoms. The SMILES string of the molecule is COc1ccccc1CNC(=O)COC(=O)/C=C/c1ccc(F)cc1. The predicted molar refractivity (Wildman–Crippen MR) is 91.2 cm³/mol. The number of rotatable bonds is 7. The topological polar surface area (TPSA) is 64.6 Å². The van der Waals surface area contributed by atoms with Gasteiger partial charge in [-0.05, 0) is 29.8 Å². The maximum atomic E-state index is 12.8. The van der Waals surface area contributed by atoms with Crippen molar-refractivity contribution in [2.75, 3.05) is 13.7 Å². The monoisotopic (exact) mass is 343 g/mol. The summed E-state index contributed by atoms with van der Waals surface area (Å²) in [4.78, 5) is 23.3. The third-order valence-corrected chi connectivity index (χ3v) is 3.30. The van der Waals surface area contributed by atoms with E-state index in [1.165, 1.54) is 36.4 Å². The molecular weight excluding hydrogens is 325 g/mol. The van der Waals surface area contributed by atoms with Crippen LogP contribution in [0.5, 0.6) is 5.75 Å². The van der Waals surface area contributed by atoms with Crippen molar-refractivity contribution in [2.24, 2.45) is 0 Å². The van der Waals surface area contributed by atoms with Crippen LogP contribution in [0.15, 0.2) is 54.6 Å². The van der Waals surface area contributed by atoms with Gasteiger partial charge in [-0.3, -0.25) is 4.79 Å². The third kappa shape index (κ3) is 6.10. The van der Waals surface area contributed by atoms with Crippen LogP contribution in [0, 0.1) is 5.82 Å². The molecule has 0 unspecified atom stereocenters. The molecular formula is C19H18FNO4. The summed E-state index contributed by atoms with van der Waals surface area (Å²) in [6, 6.07) is 12.9. The summed E-state index contributed by atoms with van der Waals surface area (Å²) < 4.78 is 22.8. The van der Waals surface area contributed by atoms with Crippen molar-refractivity contribution in [1.82, 2.24) is 5.32 Å². The minimum absolute atomic E-state index is 0.270. The Morgan fingerprint density at radius 1 is 1.12 bits per heavy atom. The quantitative estimate of drug-likeness (QED) is 0.620. The number of carbonyl (C=O) groups excluding carboxylic acids is 2. The number of halogens is 1. The minimum atomic E-state index is -0.656. The number of methoxy groups -OCH3 is 1. The van der Waals surface area contributed by atoms with Gasteiger partial charge in [-0.15, -0.1) is 0 Å². The Kier molecular flexibility index (Phi) is 6.71. The molecule has 0 heterocycles. The highest BCUT2D eigenvalue weighted by Crippen LogP contribution is 2.16. The van der Waals surface area contributed by atoms with Crippen molar-refractivity contribution in [3.8, 4) is 5.75 Å². The van der Waals surface area contributed by atoms with Crippen LogP contribution in [0.2, 0.25) is 0 Å². The van der Waals surface area contributed by atoms with Gasteiger partial charge in [0.15, 0.2) is 6.61 Å². The summed E-state index contributed by atoms with van der Waals surface area (Å²) in [6.45, 7) is -0.118. The fraction of sp³-hybridized carbons (Fsp3) is 0.158. The number of ether oxygens (including phenoxy) is 2. The third-order valence-electron chi connectivity index (χ3n) is 3.30. The second-order valence-electron chi connectivity index (χ2n) is 5.08. The molecule has 2 aromatic carbocycles. The summed E-state index contributed by atoms with van der Waals surface area (Å²) in [5.41, 5.74) is 1.47. The first-order valence-corrected chi connectivity index (χ1v) is 7.57. The van der Waals surface area contributed by atoms with Gasteiger partial charge in [-0.25, -0.2) is 9.18 Å². The van der Waals surface area contributed by atoms with Gasteiger partial charge in [0.2, 0.25) is 0 Å². The zero-order chi connectivity index (χ0) is 18.1. The van der Waals surface area contributed by atoms with Crippen molar-refractivity contribution in [2.45, 2.75) is 6.54 Å². The number of hydrogen-bond donors (Lipinski definition) is 1. The molecule has 0 aliphatic heterocycles. The van der Waals surface area contributed by atoms with Gasteiger partial charge in [0.05, 0.1) is 7.11 Å².